The third kappa shape index (κ3) is 3.02. The van der Waals surface area contributed by atoms with Crippen molar-refractivity contribution in [2.75, 3.05) is 13.2 Å². The van der Waals surface area contributed by atoms with Crippen molar-refractivity contribution >= 4 is 22.6 Å². The van der Waals surface area contributed by atoms with E-state index in [1.807, 2.05) is 22.6 Å². The molecule has 1 saturated heterocycles. The van der Waals surface area contributed by atoms with Crippen LogP contribution in [-0.4, -0.2) is 29.1 Å². The molecule has 0 N–H and O–H groups in total. The third-order valence-electron chi connectivity index (χ3n) is 2.36. The lowest BCUT2D eigenvalue weighted by Gasteiger charge is -2.23. The van der Waals surface area contributed by atoms with E-state index in [9.17, 15) is 4.79 Å². The van der Waals surface area contributed by atoms with E-state index in [2.05, 4.69) is 4.98 Å². The van der Waals surface area contributed by atoms with Crippen molar-refractivity contribution in [2.24, 2.45) is 0 Å². The van der Waals surface area contributed by atoms with Crippen LogP contribution in [-0.2, 0) is 16.0 Å². The van der Waals surface area contributed by atoms with Crippen molar-refractivity contribution < 1.29 is 9.47 Å². The monoisotopic (exact) mass is 336 g/mol. The summed E-state index contributed by atoms with van der Waals surface area (Å²) < 4.78 is 13.0. The summed E-state index contributed by atoms with van der Waals surface area (Å²) in [5.74, 6) is 0. The second-order valence-electron chi connectivity index (χ2n) is 3.55. The molecule has 6 heteroatoms. The van der Waals surface area contributed by atoms with Crippen LogP contribution in [0.1, 0.15) is 12.8 Å². The maximum Gasteiger partial charge on any atom is 0.266 e. The molecule has 5 nitrogen and oxygen atoms in total. The number of rotatable bonds is 3. The predicted octanol–water partition coefficient (Wildman–Crippen LogP) is 1.00. The summed E-state index contributed by atoms with van der Waals surface area (Å²) in [6.45, 7) is 2.06. The molecule has 1 aliphatic heterocycles. The largest absolute Gasteiger partial charge is 0.353 e. The van der Waals surface area contributed by atoms with Gasteiger partial charge in [-0.1, -0.05) is 0 Å². The van der Waals surface area contributed by atoms with Gasteiger partial charge in [-0.15, -0.1) is 0 Å². The zero-order chi connectivity index (χ0) is 11.4. The summed E-state index contributed by atoms with van der Waals surface area (Å²) in [7, 11) is 0. The fourth-order valence-corrected chi connectivity index (χ4v) is 2.00. The number of aromatic nitrogens is 2. The van der Waals surface area contributed by atoms with Crippen molar-refractivity contribution in [1.29, 1.82) is 0 Å². The Hall–Kier alpha value is -0.470. The zero-order valence-electron chi connectivity index (χ0n) is 8.76. The molecule has 1 aliphatic rings. The molecular formula is C10H13IN2O3. The quantitative estimate of drug-likeness (QED) is 0.773. The molecule has 16 heavy (non-hydrogen) atoms. The van der Waals surface area contributed by atoms with Gasteiger partial charge in [-0.25, -0.2) is 4.98 Å². The highest BCUT2D eigenvalue weighted by molar-refractivity contribution is 14.1. The standard InChI is InChI=1S/C10H13IN2O3/c11-8-6-12-7-13(10(8)14)3-2-9-15-4-1-5-16-9/h6-7,9H,1-5H2. The van der Waals surface area contributed by atoms with E-state index in [1.54, 1.807) is 17.1 Å². The topological polar surface area (TPSA) is 53.4 Å². The van der Waals surface area contributed by atoms with Crippen LogP contribution < -0.4 is 5.56 Å². The van der Waals surface area contributed by atoms with Crippen LogP contribution in [0.25, 0.3) is 0 Å². The van der Waals surface area contributed by atoms with Crippen LogP contribution in [0, 0.1) is 3.57 Å². The van der Waals surface area contributed by atoms with Crippen LogP contribution in [0.5, 0.6) is 0 Å². The van der Waals surface area contributed by atoms with Crippen molar-refractivity contribution in [1.82, 2.24) is 9.55 Å². The Bertz CT molecular complexity index is 401. The van der Waals surface area contributed by atoms with Gasteiger partial charge >= 0.3 is 0 Å². The highest BCUT2D eigenvalue weighted by Crippen LogP contribution is 2.09. The summed E-state index contributed by atoms with van der Waals surface area (Å²) in [4.78, 5) is 15.7. The van der Waals surface area contributed by atoms with Gasteiger partial charge in [-0.05, 0) is 29.0 Å². The lowest BCUT2D eigenvalue weighted by atomic mass is 10.3. The molecule has 0 radical (unpaired) electrons. The Labute approximate surface area is 107 Å². The molecule has 0 spiro atoms. The minimum Gasteiger partial charge on any atom is -0.353 e. The molecule has 1 aromatic heterocycles. The van der Waals surface area contributed by atoms with Gasteiger partial charge in [-0.3, -0.25) is 9.36 Å². The van der Waals surface area contributed by atoms with Gasteiger partial charge in [0.2, 0.25) is 0 Å². The first kappa shape index (κ1) is 12.0. The predicted molar refractivity (Wildman–Crippen MR) is 66.1 cm³/mol. The molecule has 1 fully saturated rings. The molecule has 0 saturated carbocycles. The van der Waals surface area contributed by atoms with E-state index >= 15 is 0 Å². The average Bonchev–Trinajstić information content (AvgIpc) is 2.32. The van der Waals surface area contributed by atoms with Crippen molar-refractivity contribution in [2.45, 2.75) is 25.7 Å². The smallest absolute Gasteiger partial charge is 0.266 e. The number of hydrogen-bond acceptors (Lipinski definition) is 4. The third-order valence-corrected chi connectivity index (χ3v) is 3.10. The summed E-state index contributed by atoms with van der Waals surface area (Å²) in [6, 6.07) is 0. The van der Waals surface area contributed by atoms with Gasteiger partial charge in [0.15, 0.2) is 6.29 Å². The first-order valence-corrected chi connectivity index (χ1v) is 6.28. The highest BCUT2D eigenvalue weighted by Gasteiger charge is 2.14. The van der Waals surface area contributed by atoms with Gasteiger partial charge in [0, 0.05) is 19.2 Å². The van der Waals surface area contributed by atoms with Gasteiger partial charge < -0.3 is 9.47 Å². The first-order valence-electron chi connectivity index (χ1n) is 5.20. The van der Waals surface area contributed by atoms with Crippen LogP contribution in [0.2, 0.25) is 0 Å². The zero-order valence-corrected chi connectivity index (χ0v) is 10.9. The normalized spacial score (nSPS) is 17.6. The van der Waals surface area contributed by atoms with Crippen LogP contribution in [0.3, 0.4) is 0 Å². The molecule has 0 amide bonds. The van der Waals surface area contributed by atoms with E-state index < -0.39 is 0 Å². The maximum atomic E-state index is 11.7. The Morgan fingerprint density at radius 2 is 2.25 bits per heavy atom. The molecule has 88 valence electrons. The van der Waals surface area contributed by atoms with E-state index in [-0.39, 0.29) is 11.8 Å². The maximum absolute atomic E-state index is 11.7. The number of aryl methyl sites for hydroxylation is 1. The molecule has 1 aromatic rings. The SMILES string of the molecule is O=c1c(I)cncn1CCC1OCCCO1. The second-order valence-corrected chi connectivity index (χ2v) is 4.72. The molecule has 0 unspecified atom stereocenters. The first-order chi connectivity index (χ1) is 7.77. The van der Waals surface area contributed by atoms with Gasteiger partial charge in [0.05, 0.1) is 23.1 Å². The average molecular weight is 336 g/mol. The Morgan fingerprint density at radius 1 is 1.50 bits per heavy atom. The minimum atomic E-state index is -0.182. The Kier molecular flexibility index (Phi) is 4.30. The summed E-state index contributed by atoms with van der Waals surface area (Å²) >= 11 is 1.99. The number of ether oxygens (including phenoxy) is 2. The van der Waals surface area contributed by atoms with Gasteiger partial charge in [-0.2, -0.15) is 0 Å². The molecule has 0 aliphatic carbocycles. The molecule has 0 aromatic carbocycles. The van der Waals surface area contributed by atoms with Crippen molar-refractivity contribution in [3.05, 3.63) is 26.4 Å². The van der Waals surface area contributed by atoms with E-state index in [0.717, 1.165) is 19.6 Å². The van der Waals surface area contributed by atoms with Crippen LogP contribution >= 0.6 is 22.6 Å². The van der Waals surface area contributed by atoms with Crippen molar-refractivity contribution in [3.63, 3.8) is 0 Å². The highest BCUT2D eigenvalue weighted by atomic mass is 127. The van der Waals surface area contributed by atoms with E-state index in [0.29, 0.717) is 16.5 Å². The fraction of sp³-hybridized carbons (Fsp3) is 0.600. The lowest BCUT2D eigenvalue weighted by Crippen LogP contribution is -2.29. The lowest BCUT2D eigenvalue weighted by molar-refractivity contribution is -0.182. The second kappa shape index (κ2) is 5.74. The van der Waals surface area contributed by atoms with Gasteiger partial charge in [0.25, 0.3) is 5.56 Å². The summed E-state index contributed by atoms with van der Waals surface area (Å²) in [5.41, 5.74) is -0.00795. The Morgan fingerprint density at radius 3 is 3.00 bits per heavy atom. The summed E-state index contributed by atoms with van der Waals surface area (Å²) in [6.07, 6.45) is 4.56. The molecule has 0 bridgehead atoms. The fourth-order valence-electron chi connectivity index (χ4n) is 1.53. The van der Waals surface area contributed by atoms with E-state index in [4.69, 9.17) is 9.47 Å². The van der Waals surface area contributed by atoms with Crippen LogP contribution in [0.4, 0.5) is 0 Å². The van der Waals surface area contributed by atoms with Crippen molar-refractivity contribution in [3.8, 4) is 0 Å². The number of nitrogens with zero attached hydrogens (tertiary/aromatic N) is 2. The molecule has 2 heterocycles. The van der Waals surface area contributed by atoms with Crippen LogP contribution in [0.15, 0.2) is 17.3 Å². The molecule has 0 atom stereocenters. The summed E-state index contributed by atoms with van der Waals surface area (Å²) in [5, 5.41) is 0. The minimum absolute atomic E-state index is 0.00795. The number of halogens is 1. The van der Waals surface area contributed by atoms with Gasteiger partial charge in [0.1, 0.15) is 0 Å². The molecular weight excluding hydrogens is 323 g/mol. The number of hydrogen-bond donors (Lipinski definition) is 0. The van der Waals surface area contributed by atoms with E-state index in [1.165, 1.54) is 0 Å². The molecule has 2 rings (SSSR count). The Balaban J connectivity index is 1.94.